The second-order valence-corrected chi connectivity index (χ2v) is 4.90. The minimum absolute atomic E-state index is 0.112. The average Bonchev–Trinajstić information content (AvgIpc) is 2.35. The Labute approximate surface area is 108 Å². The third-order valence-electron chi connectivity index (χ3n) is 3.09. The third-order valence-corrected chi connectivity index (χ3v) is 3.56. The number of benzene rings is 1. The minimum atomic E-state index is -0.799. The van der Waals surface area contributed by atoms with Gasteiger partial charge in [-0.05, 0) is 29.9 Å². The van der Waals surface area contributed by atoms with Crippen molar-refractivity contribution in [2.75, 3.05) is 0 Å². The van der Waals surface area contributed by atoms with Crippen molar-refractivity contribution in [2.24, 2.45) is 0 Å². The van der Waals surface area contributed by atoms with Crippen LogP contribution in [0.4, 0.5) is 0 Å². The first kappa shape index (κ1) is 14.0. The molecule has 2 unspecified atom stereocenters. The van der Waals surface area contributed by atoms with Gasteiger partial charge in [0.05, 0.1) is 5.38 Å². The molecule has 0 radical (unpaired) electrons. The van der Waals surface area contributed by atoms with E-state index in [1.54, 1.807) is 0 Å². The van der Waals surface area contributed by atoms with Crippen molar-refractivity contribution in [3.05, 3.63) is 35.4 Å². The van der Waals surface area contributed by atoms with E-state index < -0.39 is 5.97 Å². The van der Waals surface area contributed by atoms with E-state index in [4.69, 9.17) is 16.7 Å². The van der Waals surface area contributed by atoms with Gasteiger partial charge in [0.25, 0.3) is 0 Å². The predicted molar refractivity (Wildman–Crippen MR) is 70.6 cm³/mol. The van der Waals surface area contributed by atoms with Crippen molar-refractivity contribution in [3.8, 4) is 0 Å². The fourth-order valence-corrected chi connectivity index (χ4v) is 1.94. The van der Waals surface area contributed by atoms with Crippen molar-refractivity contribution in [3.63, 3.8) is 0 Å². The first-order chi connectivity index (χ1) is 8.04. The average molecular weight is 255 g/mol. The second kappa shape index (κ2) is 6.65. The summed E-state index contributed by atoms with van der Waals surface area (Å²) in [5.74, 6) is -0.247. The number of hydrogen-bond acceptors (Lipinski definition) is 1. The quantitative estimate of drug-likeness (QED) is 0.767. The maximum atomic E-state index is 10.5. The minimum Gasteiger partial charge on any atom is -0.481 e. The predicted octanol–water partition coefficient (Wildman–Crippen LogP) is 4.34. The molecular weight excluding hydrogens is 236 g/mol. The number of carbonyl (C=O) groups is 1. The number of halogens is 1. The molecule has 1 N–H and O–H groups in total. The second-order valence-electron chi connectivity index (χ2n) is 4.38. The van der Waals surface area contributed by atoms with Gasteiger partial charge >= 0.3 is 5.97 Å². The summed E-state index contributed by atoms with van der Waals surface area (Å²) in [5, 5.41) is 8.39. The molecule has 94 valence electrons. The van der Waals surface area contributed by atoms with Crippen LogP contribution in [0.5, 0.6) is 0 Å². The maximum Gasteiger partial charge on any atom is 0.303 e. The number of hydrogen-bond donors (Lipinski definition) is 1. The molecule has 0 saturated carbocycles. The zero-order valence-electron chi connectivity index (χ0n) is 10.3. The van der Waals surface area contributed by atoms with Gasteiger partial charge in [-0.2, -0.15) is 0 Å². The smallest absolute Gasteiger partial charge is 0.303 e. The highest BCUT2D eigenvalue weighted by Gasteiger charge is 2.10. The Kier molecular flexibility index (Phi) is 5.49. The number of carboxylic acid groups (broad SMARTS) is 1. The SMILES string of the molecule is CCC(C)c1ccc(C(Cl)CCC(=O)O)cc1. The Bertz CT molecular complexity index is 359. The Hall–Kier alpha value is -1.02. The summed E-state index contributed by atoms with van der Waals surface area (Å²) in [6.07, 6.45) is 1.70. The zero-order valence-corrected chi connectivity index (χ0v) is 11.1. The van der Waals surface area contributed by atoms with Gasteiger partial charge in [-0.15, -0.1) is 11.6 Å². The van der Waals surface area contributed by atoms with Crippen molar-refractivity contribution in [1.29, 1.82) is 0 Å². The monoisotopic (exact) mass is 254 g/mol. The lowest BCUT2D eigenvalue weighted by molar-refractivity contribution is -0.137. The van der Waals surface area contributed by atoms with Crippen LogP contribution in [0.3, 0.4) is 0 Å². The standard InChI is InChI=1S/C14H19ClO2/c1-3-10(2)11-4-6-12(7-5-11)13(15)8-9-14(16)17/h4-7,10,13H,3,8-9H2,1-2H3,(H,16,17). The summed E-state index contributed by atoms with van der Waals surface area (Å²) in [7, 11) is 0. The molecule has 2 nitrogen and oxygen atoms in total. The Balaban J connectivity index is 2.63. The molecule has 3 heteroatoms. The fraction of sp³-hybridized carbons (Fsp3) is 0.500. The van der Waals surface area contributed by atoms with Crippen LogP contribution in [-0.2, 0) is 4.79 Å². The summed E-state index contributed by atoms with van der Waals surface area (Å²) >= 11 is 6.15. The van der Waals surface area contributed by atoms with Gasteiger partial charge < -0.3 is 5.11 Å². The van der Waals surface area contributed by atoms with Crippen molar-refractivity contribution in [1.82, 2.24) is 0 Å². The highest BCUT2D eigenvalue weighted by molar-refractivity contribution is 6.20. The number of aliphatic carboxylic acids is 1. The molecule has 0 saturated heterocycles. The number of rotatable bonds is 6. The first-order valence-corrected chi connectivity index (χ1v) is 6.44. The third kappa shape index (κ3) is 4.39. The van der Waals surface area contributed by atoms with E-state index in [0.29, 0.717) is 12.3 Å². The van der Waals surface area contributed by atoms with Crippen LogP contribution in [0.25, 0.3) is 0 Å². The van der Waals surface area contributed by atoms with E-state index in [9.17, 15) is 4.79 Å². The van der Waals surface area contributed by atoms with Crippen LogP contribution in [-0.4, -0.2) is 11.1 Å². The fourth-order valence-electron chi connectivity index (χ4n) is 1.69. The normalized spacial score (nSPS) is 14.3. The molecule has 1 aromatic rings. The number of alkyl halides is 1. The molecule has 1 aromatic carbocycles. The van der Waals surface area contributed by atoms with Gasteiger partial charge in [0.15, 0.2) is 0 Å². The van der Waals surface area contributed by atoms with Gasteiger partial charge in [-0.25, -0.2) is 0 Å². The van der Waals surface area contributed by atoms with Gasteiger partial charge in [0, 0.05) is 6.42 Å². The molecule has 0 aliphatic carbocycles. The van der Waals surface area contributed by atoms with E-state index in [1.807, 2.05) is 12.1 Å². The lowest BCUT2D eigenvalue weighted by Gasteiger charge is -2.12. The molecule has 0 heterocycles. The van der Waals surface area contributed by atoms with E-state index in [0.717, 1.165) is 12.0 Å². The van der Waals surface area contributed by atoms with E-state index in [1.165, 1.54) is 5.56 Å². The van der Waals surface area contributed by atoms with Crippen LogP contribution in [0.15, 0.2) is 24.3 Å². The van der Waals surface area contributed by atoms with Crippen molar-refractivity contribution >= 4 is 17.6 Å². The maximum absolute atomic E-state index is 10.5. The van der Waals surface area contributed by atoms with E-state index >= 15 is 0 Å². The molecule has 0 fully saturated rings. The lowest BCUT2D eigenvalue weighted by atomic mass is 9.96. The van der Waals surface area contributed by atoms with Crippen molar-refractivity contribution in [2.45, 2.75) is 44.4 Å². The summed E-state index contributed by atoms with van der Waals surface area (Å²) in [5.41, 5.74) is 2.30. The Morgan fingerprint density at radius 2 is 1.82 bits per heavy atom. The van der Waals surface area contributed by atoms with Crippen LogP contribution < -0.4 is 0 Å². The van der Waals surface area contributed by atoms with Crippen molar-refractivity contribution < 1.29 is 9.90 Å². The number of carboxylic acids is 1. The van der Waals surface area contributed by atoms with Crippen LogP contribution in [0.1, 0.15) is 55.5 Å². The molecule has 0 aromatic heterocycles. The molecule has 0 bridgehead atoms. The van der Waals surface area contributed by atoms with Gasteiger partial charge in [0.1, 0.15) is 0 Å². The summed E-state index contributed by atoms with van der Waals surface area (Å²) in [4.78, 5) is 10.5. The zero-order chi connectivity index (χ0) is 12.8. The molecule has 1 rings (SSSR count). The van der Waals surface area contributed by atoms with Gasteiger partial charge in [-0.3, -0.25) is 4.79 Å². The Morgan fingerprint density at radius 1 is 1.29 bits per heavy atom. The molecule has 17 heavy (non-hydrogen) atoms. The molecule has 0 aliphatic heterocycles. The van der Waals surface area contributed by atoms with Gasteiger partial charge in [0.2, 0.25) is 0 Å². The van der Waals surface area contributed by atoms with E-state index in [-0.39, 0.29) is 11.8 Å². The molecular formula is C14H19ClO2. The summed E-state index contributed by atoms with van der Waals surface area (Å²) < 4.78 is 0. The first-order valence-electron chi connectivity index (χ1n) is 6.00. The van der Waals surface area contributed by atoms with Crippen LogP contribution in [0, 0.1) is 0 Å². The molecule has 0 aliphatic rings. The molecule has 0 spiro atoms. The highest BCUT2D eigenvalue weighted by atomic mass is 35.5. The molecule has 2 atom stereocenters. The van der Waals surface area contributed by atoms with E-state index in [2.05, 4.69) is 26.0 Å². The highest BCUT2D eigenvalue weighted by Crippen LogP contribution is 2.27. The topological polar surface area (TPSA) is 37.3 Å². The largest absolute Gasteiger partial charge is 0.481 e. The summed E-state index contributed by atoms with van der Waals surface area (Å²) in [6.45, 7) is 4.35. The van der Waals surface area contributed by atoms with Gasteiger partial charge in [-0.1, -0.05) is 38.1 Å². The lowest BCUT2D eigenvalue weighted by Crippen LogP contribution is -1.99. The Morgan fingerprint density at radius 3 is 2.29 bits per heavy atom. The van der Waals surface area contributed by atoms with Crippen LogP contribution in [0.2, 0.25) is 0 Å². The van der Waals surface area contributed by atoms with Crippen LogP contribution >= 0.6 is 11.6 Å². The summed E-state index contributed by atoms with van der Waals surface area (Å²) in [6, 6.07) is 8.17. The molecule has 0 amide bonds.